The summed E-state index contributed by atoms with van der Waals surface area (Å²) >= 11 is 1.69. The molecule has 0 spiro atoms. The normalized spacial score (nSPS) is 15.4. The van der Waals surface area contributed by atoms with E-state index in [0.29, 0.717) is 12.0 Å². The number of nitrogens with one attached hydrogen (secondary N) is 1. The standard InChI is InChI=1S/C12H22N2OS/c1-8(2)11(15)5-6-13-9(3)12-10(4)14-7-16-12/h7-9,11,13,15H,5-6H2,1-4H3. The monoisotopic (exact) mass is 242 g/mol. The molecule has 2 N–H and O–H groups in total. The maximum Gasteiger partial charge on any atom is 0.0798 e. The molecule has 4 heteroatoms. The van der Waals surface area contributed by atoms with Crippen LogP contribution in [0.25, 0.3) is 0 Å². The minimum Gasteiger partial charge on any atom is -0.393 e. The number of hydrogen-bond acceptors (Lipinski definition) is 4. The number of aliphatic hydroxyl groups excluding tert-OH is 1. The molecule has 0 saturated heterocycles. The molecule has 0 amide bonds. The molecule has 0 aliphatic rings. The average molecular weight is 242 g/mol. The van der Waals surface area contributed by atoms with Gasteiger partial charge < -0.3 is 10.4 Å². The Morgan fingerprint density at radius 2 is 2.12 bits per heavy atom. The largest absolute Gasteiger partial charge is 0.393 e. The quantitative estimate of drug-likeness (QED) is 0.805. The summed E-state index contributed by atoms with van der Waals surface area (Å²) in [5.41, 5.74) is 2.99. The molecule has 0 aliphatic carbocycles. The summed E-state index contributed by atoms with van der Waals surface area (Å²) in [7, 11) is 0. The van der Waals surface area contributed by atoms with E-state index in [-0.39, 0.29) is 6.10 Å². The summed E-state index contributed by atoms with van der Waals surface area (Å²) in [6.07, 6.45) is 0.599. The summed E-state index contributed by atoms with van der Waals surface area (Å²) in [6.45, 7) is 9.11. The number of aliphatic hydroxyl groups is 1. The molecular weight excluding hydrogens is 220 g/mol. The Hall–Kier alpha value is -0.450. The SMILES string of the molecule is Cc1ncsc1C(C)NCCC(O)C(C)C. The van der Waals surface area contributed by atoms with Crippen LogP contribution >= 0.6 is 11.3 Å². The van der Waals surface area contributed by atoms with Gasteiger partial charge in [0.15, 0.2) is 0 Å². The van der Waals surface area contributed by atoms with Crippen LogP contribution in [0.3, 0.4) is 0 Å². The first-order valence-corrected chi connectivity index (χ1v) is 6.71. The molecule has 16 heavy (non-hydrogen) atoms. The van der Waals surface area contributed by atoms with E-state index in [1.807, 2.05) is 26.3 Å². The zero-order valence-corrected chi connectivity index (χ0v) is 11.3. The third kappa shape index (κ3) is 3.85. The third-order valence-electron chi connectivity index (χ3n) is 2.84. The van der Waals surface area contributed by atoms with E-state index in [4.69, 9.17) is 0 Å². The van der Waals surface area contributed by atoms with Crippen molar-refractivity contribution in [3.8, 4) is 0 Å². The molecule has 0 fully saturated rings. The maximum absolute atomic E-state index is 9.67. The highest BCUT2D eigenvalue weighted by molar-refractivity contribution is 7.09. The van der Waals surface area contributed by atoms with Crippen LogP contribution in [-0.2, 0) is 0 Å². The first kappa shape index (κ1) is 13.6. The van der Waals surface area contributed by atoms with Crippen molar-refractivity contribution in [2.45, 2.75) is 46.3 Å². The first-order chi connectivity index (χ1) is 7.52. The molecule has 0 bridgehead atoms. The van der Waals surface area contributed by atoms with Gasteiger partial charge in [-0.1, -0.05) is 13.8 Å². The summed E-state index contributed by atoms with van der Waals surface area (Å²) in [4.78, 5) is 5.53. The minimum absolute atomic E-state index is 0.206. The molecule has 92 valence electrons. The molecular formula is C12H22N2OS. The molecule has 2 atom stereocenters. The van der Waals surface area contributed by atoms with Gasteiger partial charge in [0, 0.05) is 10.9 Å². The topological polar surface area (TPSA) is 45.2 Å². The van der Waals surface area contributed by atoms with E-state index < -0.39 is 0 Å². The van der Waals surface area contributed by atoms with Crippen molar-refractivity contribution in [2.75, 3.05) is 6.54 Å². The third-order valence-corrected chi connectivity index (χ3v) is 3.95. The predicted molar refractivity (Wildman–Crippen MR) is 68.7 cm³/mol. The molecule has 0 saturated carbocycles. The smallest absolute Gasteiger partial charge is 0.0798 e. The maximum atomic E-state index is 9.67. The summed E-state index contributed by atoms with van der Waals surface area (Å²) in [5.74, 6) is 0.335. The van der Waals surface area contributed by atoms with Crippen LogP contribution in [-0.4, -0.2) is 22.7 Å². The van der Waals surface area contributed by atoms with Gasteiger partial charge in [0.25, 0.3) is 0 Å². The lowest BCUT2D eigenvalue weighted by Crippen LogP contribution is -2.25. The lowest BCUT2D eigenvalue weighted by atomic mass is 10.0. The summed E-state index contributed by atoms with van der Waals surface area (Å²) in [6, 6.07) is 0.326. The van der Waals surface area contributed by atoms with Gasteiger partial charge in [-0.3, -0.25) is 0 Å². The van der Waals surface area contributed by atoms with Gasteiger partial charge in [0.05, 0.1) is 17.3 Å². The molecule has 1 heterocycles. The van der Waals surface area contributed by atoms with Crippen LogP contribution in [0.15, 0.2) is 5.51 Å². The van der Waals surface area contributed by atoms with E-state index in [1.54, 1.807) is 11.3 Å². The Labute approximate surface area is 102 Å². The molecule has 0 aromatic carbocycles. The highest BCUT2D eigenvalue weighted by Crippen LogP contribution is 2.20. The van der Waals surface area contributed by atoms with Crippen LogP contribution in [0.1, 0.15) is 43.8 Å². The number of hydrogen-bond donors (Lipinski definition) is 2. The van der Waals surface area contributed by atoms with Crippen molar-refractivity contribution in [3.05, 3.63) is 16.1 Å². The lowest BCUT2D eigenvalue weighted by Gasteiger charge is -2.17. The summed E-state index contributed by atoms with van der Waals surface area (Å²) < 4.78 is 0. The second kappa shape index (κ2) is 6.33. The number of rotatable bonds is 6. The van der Waals surface area contributed by atoms with Crippen molar-refractivity contribution in [1.29, 1.82) is 0 Å². The Balaban J connectivity index is 2.31. The van der Waals surface area contributed by atoms with Crippen LogP contribution in [0.2, 0.25) is 0 Å². The lowest BCUT2D eigenvalue weighted by molar-refractivity contribution is 0.115. The Morgan fingerprint density at radius 3 is 2.62 bits per heavy atom. The van der Waals surface area contributed by atoms with Crippen LogP contribution < -0.4 is 5.32 Å². The Kier molecular flexibility index (Phi) is 5.38. The van der Waals surface area contributed by atoms with Gasteiger partial charge in [-0.2, -0.15) is 0 Å². The highest BCUT2D eigenvalue weighted by atomic mass is 32.1. The van der Waals surface area contributed by atoms with Gasteiger partial charge in [0.2, 0.25) is 0 Å². The number of nitrogens with zero attached hydrogens (tertiary/aromatic N) is 1. The van der Waals surface area contributed by atoms with Gasteiger partial charge in [-0.15, -0.1) is 11.3 Å². The molecule has 0 aliphatic heterocycles. The van der Waals surface area contributed by atoms with Crippen LogP contribution in [0.5, 0.6) is 0 Å². The van der Waals surface area contributed by atoms with Gasteiger partial charge in [0.1, 0.15) is 0 Å². The molecule has 0 radical (unpaired) electrons. The zero-order chi connectivity index (χ0) is 12.1. The van der Waals surface area contributed by atoms with E-state index in [9.17, 15) is 5.11 Å². The van der Waals surface area contributed by atoms with Gasteiger partial charge in [-0.25, -0.2) is 4.98 Å². The molecule has 1 rings (SSSR count). The highest BCUT2D eigenvalue weighted by Gasteiger charge is 2.12. The zero-order valence-electron chi connectivity index (χ0n) is 10.5. The van der Waals surface area contributed by atoms with Gasteiger partial charge in [-0.05, 0) is 32.7 Å². The fourth-order valence-electron chi connectivity index (χ4n) is 1.60. The molecule has 1 aromatic rings. The first-order valence-electron chi connectivity index (χ1n) is 5.83. The fraction of sp³-hybridized carbons (Fsp3) is 0.750. The number of aryl methyl sites for hydroxylation is 1. The second-order valence-electron chi connectivity index (χ2n) is 4.58. The van der Waals surface area contributed by atoms with Crippen LogP contribution in [0, 0.1) is 12.8 Å². The van der Waals surface area contributed by atoms with Crippen molar-refractivity contribution < 1.29 is 5.11 Å². The summed E-state index contributed by atoms with van der Waals surface area (Å²) in [5, 5.41) is 13.1. The van der Waals surface area contributed by atoms with Crippen LogP contribution in [0.4, 0.5) is 0 Å². The van der Waals surface area contributed by atoms with E-state index in [1.165, 1.54) is 4.88 Å². The number of aromatic nitrogens is 1. The Bertz CT molecular complexity index is 312. The molecule has 1 aromatic heterocycles. The van der Waals surface area contributed by atoms with Crippen molar-refractivity contribution >= 4 is 11.3 Å². The van der Waals surface area contributed by atoms with Crippen molar-refractivity contribution in [3.63, 3.8) is 0 Å². The minimum atomic E-state index is -0.206. The second-order valence-corrected chi connectivity index (χ2v) is 5.46. The Morgan fingerprint density at radius 1 is 1.44 bits per heavy atom. The molecule has 2 unspecified atom stereocenters. The van der Waals surface area contributed by atoms with E-state index in [2.05, 4.69) is 17.2 Å². The van der Waals surface area contributed by atoms with Crippen molar-refractivity contribution in [2.24, 2.45) is 5.92 Å². The van der Waals surface area contributed by atoms with E-state index >= 15 is 0 Å². The molecule has 3 nitrogen and oxygen atoms in total. The number of thiazole rings is 1. The van der Waals surface area contributed by atoms with E-state index in [0.717, 1.165) is 18.7 Å². The van der Waals surface area contributed by atoms with Gasteiger partial charge >= 0.3 is 0 Å². The average Bonchev–Trinajstić information content (AvgIpc) is 2.64. The van der Waals surface area contributed by atoms with Crippen molar-refractivity contribution in [1.82, 2.24) is 10.3 Å². The fourth-order valence-corrected chi connectivity index (χ4v) is 2.44. The predicted octanol–water partition coefficient (Wildman–Crippen LogP) is 2.51.